The van der Waals surface area contributed by atoms with Crippen molar-refractivity contribution in [3.63, 3.8) is 0 Å². The number of rotatable bonds is 2. The minimum absolute atomic E-state index is 0.174. The number of sulfone groups is 1. The van der Waals surface area contributed by atoms with Crippen LogP contribution in [0.15, 0.2) is 12.1 Å². The molecule has 1 aliphatic heterocycles. The molecular weight excluding hydrogens is 355 g/mol. The lowest BCUT2D eigenvalue weighted by molar-refractivity contribution is 0.0749. The van der Waals surface area contributed by atoms with Crippen molar-refractivity contribution in [1.82, 2.24) is 4.90 Å². The summed E-state index contributed by atoms with van der Waals surface area (Å²) in [5.41, 5.74) is 6.07. The van der Waals surface area contributed by atoms with Crippen LogP contribution in [0.1, 0.15) is 10.4 Å². The summed E-state index contributed by atoms with van der Waals surface area (Å²) in [6, 6.07) is 2.82. The SMILES string of the molecule is CS(=O)(=O)C1CSCCN1C(=O)c1cc(Cl)c(N)c(Cl)c1. The highest BCUT2D eigenvalue weighted by Crippen LogP contribution is 2.30. The number of carbonyl (C=O) groups is 1. The van der Waals surface area contributed by atoms with E-state index >= 15 is 0 Å². The Morgan fingerprint density at radius 2 is 1.95 bits per heavy atom. The zero-order chi connectivity index (χ0) is 15.8. The molecular formula is C12H14Cl2N2O3S2. The number of thioether (sulfide) groups is 1. The third-order valence-electron chi connectivity index (χ3n) is 3.17. The van der Waals surface area contributed by atoms with E-state index in [2.05, 4.69) is 0 Å². The Labute approximate surface area is 137 Å². The van der Waals surface area contributed by atoms with Crippen LogP contribution in [0, 0.1) is 0 Å². The van der Waals surface area contributed by atoms with Crippen LogP contribution in [0.25, 0.3) is 0 Å². The maximum absolute atomic E-state index is 12.6. The molecule has 1 aliphatic rings. The summed E-state index contributed by atoms with van der Waals surface area (Å²) in [7, 11) is -3.36. The van der Waals surface area contributed by atoms with Gasteiger partial charge in [-0.3, -0.25) is 4.79 Å². The van der Waals surface area contributed by atoms with E-state index < -0.39 is 21.1 Å². The molecule has 116 valence electrons. The van der Waals surface area contributed by atoms with Gasteiger partial charge in [0.05, 0.1) is 15.7 Å². The molecule has 0 saturated carbocycles. The number of nitrogens with zero attached hydrogens (tertiary/aromatic N) is 1. The van der Waals surface area contributed by atoms with Crippen molar-refractivity contribution in [3.8, 4) is 0 Å². The van der Waals surface area contributed by atoms with Crippen molar-refractivity contribution in [1.29, 1.82) is 0 Å². The summed E-state index contributed by atoms with van der Waals surface area (Å²) in [5.74, 6) is 0.643. The lowest BCUT2D eigenvalue weighted by Crippen LogP contribution is -2.49. The van der Waals surface area contributed by atoms with Crippen LogP contribution < -0.4 is 5.73 Å². The van der Waals surface area contributed by atoms with Crippen LogP contribution in [-0.4, -0.2) is 48.9 Å². The summed E-state index contributed by atoms with van der Waals surface area (Å²) in [4.78, 5) is 13.9. The molecule has 0 spiro atoms. The van der Waals surface area contributed by atoms with Crippen LogP contribution in [0.3, 0.4) is 0 Å². The molecule has 9 heteroatoms. The average molecular weight is 369 g/mol. The Morgan fingerprint density at radius 3 is 2.48 bits per heavy atom. The molecule has 1 aromatic carbocycles. The molecule has 1 saturated heterocycles. The van der Waals surface area contributed by atoms with Gasteiger partial charge in [0.25, 0.3) is 5.91 Å². The predicted octanol–water partition coefficient (Wildman–Crippen LogP) is 2.14. The fraction of sp³-hybridized carbons (Fsp3) is 0.417. The molecule has 2 N–H and O–H groups in total. The van der Waals surface area contributed by atoms with Crippen LogP contribution in [0.4, 0.5) is 5.69 Å². The molecule has 1 fully saturated rings. The Bertz CT molecular complexity index is 656. The molecule has 1 aromatic rings. The molecule has 1 amide bonds. The van der Waals surface area contributed by atoms with Crippen molar-refractivity contribution in [2.45, 2.75) is 5.37 Å². The van der Waals surface area contributed by atoms with Gasteiger partial charge in [0, 0.05) is 29.9 Å². The van der Waals surface area contributed by atoms with Crippen molar-refractivity contribution < 1.29 is 13.2 Å². The summed E-state index contributed by atoms with van der Waals surface area (Å²) in [6.45, 7) is 0.362. The number of carbonyl (C=O) groups excluding carboxylic acids is 1. The third-order valence-corrected chi connectivity index (χ3v) is 6.43. The maximum atomic E-state index is 12.6. The minimum atomic E-state index is -3.36. The first-order chi connectivity index (χ1) is 9.71. The molecule has 1 heterocycles. The number of amides is 1. The van der Waals surface area contributed by atoms with E-state index in [1.165, 1.54) is 28.8 Å². The second-order valence-electron chi connectivity index (χ2n) is 4.71. The molecule has 1 unspecified atom stereocenters. The smallest absolute Gasteiger partial charge is 0.255 e. The largest absolute Gasteiger partial charge is 0.396 e. The van der Waals surface area contributed by atoms with Crippen molar-refractivity contribution in [2.75, 3.05) is 30.0 Å². The van der Waals surface area contributed by atoms with E-state index in [-0.39, 0.29) is 21.3 Å². The Morgan fingerprint density at radius 1 is 1.38 bits per heavy atom. The van der Waals surface area contributed by atoms with Crippen molar-refractivity contribution >= 4 is 56.4 Å². The zero-order valence-corrected chi connectivity index (χ0v) is 14.3. The predicted molar refractivity (Wildman–Crippen MR) is 87.9 cm³/mol. The molecule has 0 radical (unpaired) electrons. The van der Waals surface area contributed by atoms with E-state index in [0.29, 0.717) is 18.1 Å². The number of anilines is 1. The van der Waals surface area contributed by atoms with Crippen molar-refractivity contribution in [2.24, 2.45) is 0 Å². The number of nitrogen functional groups attached to an aromatic ring is 1. The average Bonchev–Trinajstić information content (AvgIpc) is 2.42. The van der Waals surface area contributed by atoms with Crippen LogP contribution in [0.5, 0.6) is 0 Å². The second-order valence-corrected chi connectivity index (χ2v) is 8.88. The van der Waals surface area contributed by atoms with Gasteiger partial charge in [0.15, 0.2) is 9.84 Å². The lowest BCUT2D eigenvalue weighted by Gasteiger charge is -2.34. The summed E-state index contributed by atoms with van der Waals surface area (Å²) in [6.07, 6.45) is 1.13. The standard InChI is InChI=1S/C12H14Cl2N2O3S2/c1-21(18,19)10-6-20-3-2-16(10)12(17)7-4-8(13)11(15)9(14)5-7/h4-5,10H,2-3,6,15H2,1H3. The number of hydrogen-bond donors (Lipinski definition) is 1. The van der Waals surface area contributed by atoms with Gasteiger partial charge in [0.1, 0.15) is 5.37 Å². The maximum Gasteiger partial charge on any atom is 0.255 e. The number of nitrogens with two attached hydrogens (primary N) is 1. The summed E-state index contributed by atoms with van der Waals surface area (Å²) >= 11 is 13.4. The number of halogens is 2. The fourth-order valence-electron chi connectivity index (χ4n) is 2.04. The van der Waals surface area contributed by atoms with Crippen LogP contribution >= 0.6 is 35.0 Å². The van der Waals surface area contributed by atoms with Gasteiger partial charge < -0.3 is 10.6 Å². The van der Waals surface area contributed by atoms with E-state index in [1.54, 1.807) is 0 Å². The van der Waals surface area contributed by atoms with Crippen molar-refractivity contribution in [3.05, 3.63) is 27.7 Å². The first kappa shape index (κ1) is 16.7. The van der Waals surface area contributed by atoms with Gasteiger partial charge in [-0.15, -0.1) is 0 Å². The molecule has 2 rings (SSSR count). The molecule has 21 heavy (non-hydrogen) atoms. The molecule has 0 bridgehead atoms. The molecule has 0 aromatic heterocycles. The molecule has 5 nitrogen and oxygen atoms in total. The molecule has 1 atom stereocenters. The summed E-state index contributed by atoms with van der Waals surface area (Å²) in [5, 5.41) is -0.486. The summed E-state index contributed by atoms with van der Waals surface area (Å²) < 4.78 is 23.7. The quantitative estimate of drug-likeness (QED) is 0.808. The normalized spacial score (nSPS) is 19.6. The number of benzene rings is 1. The highest BCUT2D eigenvalue weighted by atomic mass is 35.5. The van der Waals surface area contributed by atoms with E-state index in [9.17, 15) is 13.2 Å². The first-order valence-electron chi connectivity index (χ1n) is 6.04. The highest BCUT2D eigenvalue weighted by molar-refractivity contribution is 8.00. The van der Waals surface area contributed by atoms with Gasteiger partial charge in [-0.25, -0.2) is 8.42 Å². The minimum Gasteiger partial charge on any atom is -0.396 e. The first-order valence-corrected chi connectivity index (χ1v) is 9.90. The lowest BCUT2D eigenvalue weighted by atomic mass is 10.1. The van der Waals surface area contributed by atoms with Gasteiger partial charge in [0.2, 0.25) is 0 Å². The topological polar surface area (TPSA) is 80.5 Å². The van der Waals surface area contributed by atoms with E-state index in [0.717, 1.165) is 6.26 Å². The monoisotopic (exact) mass is 368 g/mol. The Kier molecular flexibility index (Phi) is 4.97. The van der Waals surface area contributed by atoms with Gasteiger partial charge >= 0.3 is 0 Å². The van der Waals surface area contributed by atoms with Crippen LogP contribution in [0.2, 0.25) is 10.0 Å². The van der Waals surface area contributed by atoms with Gasteiger partial charge in [-0.1, -0.05) is 23.2 Å². The fourth-order valence-corrected chi connectivity index (χ4v) is 5.34. The van der Waals surface area contributed by atoms with E-state index in [4.69, 9.17) is 28.9 Å². The molecule has 0 aliphatic carbocycles. The second kappa shape index (κ2) is 6.24. The van der Waals surface area contributed by atoms with E-state index in [1.807, 2.05) is 0 Å². The number of hydrogen-bond acceptors (Lipinski definition) is 5. The van der Waals surface area contributed by atoms with Crippen LogP contribution in [-0.2, 0) is 9.84 Å². The Hall–Kier alpha value is -0.630. The zero-order valence-electron chi connectivity index (χ0n) is 11.2. The van der Waals surface area contributed by atoms with Gasteiger partial charge in [-0.05, 0) is 12.1 Å². The Balaban J connectivity index is 2.38. The van der Waals surface area contributed by atoms with Gasteiger partial charge in [-0.2, -0.15) is 11.8 Å². The third kappa shape index (κ3) is 3.59. The highest BCUT2D eigenvalue weighted by Gasteiger charge is 2.34.